The van der Waals surface area contributed by atoms with Gasteiger partial charge in [0.05, 0.1) is 5.56 Å². The van der Waals surface area contributed by atoms with Crippen molar-refractivity contribution in [2.24, 2.45) is 0 Å². The molecule has 96 valence electrons. The van der Waals surface area contributed by atoms with Gasteiger partial charge in [0.25, 0.3) is 0 Å². The lowest BCUT2D eigenvalue weighted by Crippen LogP contribution is -2.33. The number of benzene rings is 1. The lowest BCUT2D eigenvalue weighted by atomic mass is 10.2. The fraction of sp³-hybridized carbons (Fsp3) is 0.250. The first-order chi connectivity index (χ1) is 8.52. The van der Waals surface area contributed by atoms with Gasteiger partial charge in [-0.2, -0.15) is 0 Å². The van der Waals surface area contributed by atoms with Crippen molar-refractivity contribution in [3.8, 4) is 0 Å². The molecule has 0 saturated carbocycles. The van der Waals surface area contributed by atoms with E-state index in [1.165, 1.54) is 12.1 Å². The van der Waals surface area contributed by atoms with Crippen molar-refractivity contribution in [1.29, 1.82) is 0 Å². The molecule has 0 heterocycles. The third kappa shape index (κ3) is 4.50. The van der Waals surface area contributed by atoms with E-state index in [4.69, 9.17) is 17.3 Å². The molecule has 0 bridgehead atoms. The zero-order valence-corrected chi connectivity index (χ0v) is 10.7. The molecule has 3 N–H and O–H groups in total. The number of rotatable bonds is 4. The van der Waals surface area contributed by atoms with Crippen molar-refractivity contribution in [2.75, 3.05) is 5.32 Å². The van der Waals surface area contributed by atoms with Gasteiger partial charge in [-0.3, -0.25) is 4.79 Å². The van der Waals surface area contributed by atoms with E-state index in [-0.39, 0.29) is 16.6 Å². The molecule has 0 aliphatic heterocycles. The molecule has 1 amide bonds. The van der Waals surface area contributed by atoms with Crippen LogP contribution in [0.5, 0.6) is 0 Å². The average molecular weight is 266 g/mol. The summed E-state index contributed by atoms with van der Waals surface area (Å²) in [5.41, 5.74) is 0.680. The standard InChI is InChI=1S/C12H14N2O3S/c1-2-4-10(15)14-12(18)13-9-6-3-5-8(7-9)11(16)17/h3,5-7H,2,4H2,1H3,(H,16,17)(H2,13,14,15,18). The molecule has 0 fully saturated rings. The number of aromatic carboxylic acids is 1. The minimum absolute atomic E-state index is 0.155. The highest BCUT2D eigenvalue weighted by Gasteiger charge is 2.06. The predicted octanol–water partition coefficient (Wildman–Crippen LogP) is 2.00. The number of hydrogen-bond donors (Lipinski definition) is 3. The summed E-state index contributed by atoms with van der Waals surface area (Å²) in [4.78, 5) is 22.1. The Kier molecular flexibility index (Phi) is 5.26. The van der Waals surface area contributed by atoms with Crippen molar-refractivity contribution in [1.82, 2.24) is 5.32 Å². The first-order valence-electron chi connectivity index (χ1n) is 5.47. The molecule has 0 saturated heterocycles. The molecule has 0 radical (unpaired) electrons. The lowest BCUT2D eigenvalue weighted by molar-refractivity contribution is -0.119. The summed E-state index contributed by atoms with van der Waals surface area (Å²) in [6.45, 7) is 1.90. The minimum Gasteiger partial charge on any atom is -0.478 e. The van der Waals surface area contributed by atoms with Gasteiger partial charge in [-0.25, -0.2) is 4.79 Å². The van der Waals surface area contributed by atoms with Crippen LogP contribution in [0.4, 0.5) is 5.69 Å². The summed E-state index contributed by atoms with van der Waals surface area (Å²) in [7, 11) is 0. The number of hydrogen-bond acceptors (Lipinski definition) is 3. The maximum absolute atomic E-state index is 11.3. The van der Waals surface area contributed by atoms with Crippen LogP contribution in [-0.4, -0.2) is 22.1 Å². The van der Waals surface area contributed by atoms with E-state index in [0.717, 1.165) is 6.42 Å². The molecule has 0 aliphatic rings. The first-order valence-corrected chi connectivity index (χ1v) is 5.88. The van der Waals surface area contributed by atoms with Gasteiger partial charge in [-0.05, 0) is 36.8 Å². The molecular formula is C12H14N2O3S. The molecule has 5 nitrogen and oxygen atoms in total. The van der Waals surface area contributed by atoms with E-state index >= 15 is 0 Å². The Morgan fingerprint density at radius 1 is 1.39 bits per heavy atom. The van der Waals surface area contributed by atoms with Crippen LogP contribution >= 0.6 is 12.2 Å². The minimum atomic E-state index is -1.01. The maximum Gasteiger partial charge on any atom is 0.335 e. The van der Waals surface area contributed by atoms with Crippen molar-refractivity contribution in [2.45, 2.75) is 19.8 Å². The van der Waals surface area contributed by atoms with E-state index in [2.05, 4.69) is 10.6 Å². The lowest BCUT2D eigenvalue weighted by Gasteiger charge is -2.09. The molecule has 0 atom stereocenters. The Morgan fingerprint density at radius 3 is 2.72 bits per heavy atom. The molecule has 1 rings (SSSR count). The monoisotopic (exact) mass is 266 g/mol. The Morgan fingerprint density at radius 2 is 2.11 bits per heavy atom. The molecule has 0 aliphatic carbocycles. The summed E-state index contributed by atoms with van der Waals surface area (Å²) >= 11 is 4.94. The second-order valence-corrected chi connectivity index (χ2v) is 4.05. The van der Waals surface area contributed by atoms with Crippen LogP contribution in [0.15, 0.2) is 24.3 Å². The molecular weight excluding hydrogens is 252 g/mol. The quantitative estimate of drug-likeness (QED) is 0.726. The molecule has 0 aromatic heterocycles. The average Bonchev–Trinajstić information content (AvgIpc) is 2.29. The highest BCUT2D eigenvalue weighted by molar-refractivity contribution is 7.80. The van der Waals surface area contributed by atoms with E-state index in [0.29, 0.717) is 12.1 Å². The highest BCUT2D eigenvalue weighted by Crippen LogP contribution is 2.10. The van der Waals surface area contributed by atoms with Crippen LogP contribution in [-0.2, 0) is 4.79 Å². The number of carboxylic acids is 1. The zero-order chi connectivity index (χ0) is 13.5. The Balaban J connectivity index is 2.62. The number of amides is 1. The SMILES string of the molecule is CCCC(=O)NC(=S)Nc1cccc(C(=O)O)c1. The smallest absolute Gasteiger partial charge is 0.335 e. The van der Waals surface area contributed by atoms with Crippen LogP contribution < -0.4 is 10.6 Å². The third-order valence-electron chi connectivity index (χ3n) is 2.10. The number of anilines is 1. The van der Waals surface area contributed by atoms with Gasteiger partial charge in [0.15, 0.2) is 5.11 Å². The summed E-state index contributed by atoms with van der Waals surface area (Å²) < 4.78 is 0. The summed E-state index contributed by atoms with van der Waals surface area (Å²) in [6, 6.07) is 6.19. The van der Waals surface area contributed by atoms with Crippen molar-refractivity contribution in [3.05, 3.63) is 29.8 Å². The van der Waals surface area contributed by atoms with Gasteiger partial charge in [0.2, 0.25) is 5.91 Å². The first kappa shape index (κ1) is 14.1. The fourth-order valence-corrected chi connectivity index (χ4v) is 1.54. The van der Waals surface area contributed by atoms with Crippen molar-refractivity contribution >= 4 is 34.9 Å². The van der Waals surface area contributed by atoms with Crippen LogP contribution in [0.3, 0.4) is 0 Å². The van der Waals surface area contributed by atoms with E-state index in [1.54, 1.807) is 12.1 Å². The van der Waals surface area contributed by atoms with Crippen LogP contribution in [0.1, 0.15) is 30.1 Å². The third-order valence-corrected chi connectivity index (χ3v) is 2.30. The van der Waals surface area contributed by atoms with Gasteiger partial charge in [0.1, 0.15) is 0 Å². The number of carboxylic acid groups (broad SMARTS) is 1. The summed E-state index contributed by atoms with van der Waals surface area (Å²) in [6.07, 6.45) is 1.14. The summed E-state index contributed by atoms with van der Waals surface area (Å²) in [5.74, 6) is -1.18. The number of nitrogens with one attached hydrogen (secondary N) is 2. The van der Waals surface area contributed by atoms with E-state index in [1.807, 2.05) is 6.92 Å². The topological polar surface area (TPSA) is 78.4 Å². The molecule has 1 aromatic carbocycles. The number of carbonyl (C=O) groups excluding carboxylic acids is 1. The number of thiocarbonyl (C=S) groups is 1. The van der Waals surface area contributed by atoms with Gasteiger partial charge >= 0.3 is 5.97 Å². The van der Waals surface area contributed by atoms with Crippen LogP contribution in [0.2, 0.25) is 0 Å². The Hall–Kier alpha value is -1.95. The second kappa shape index (κ2) is 6.70. The molecule has 1 aromatic rings. The van der Waals surface area contributed by atoms with Crippen molar-refractivity contribution < 1.29 is 14.7 Å². The Bertz CT molecular complexity index is 474. The molecule has 18 heavy (non-hydrogen) atoms. The molecule has 6 heteroatoms. The predicted molar refractivity (Wildman–Crippen MR) is 72.7 cm³/mol. The summed E-state index contributed by atoms with van der Waals surface area (Å²) in [5, 5.41) is 14.3. The normalized spacial score (nSPS) is 9.61. The fourth-order valence-electron chi connectivity index (χ4n) is 1.31. The zero-order valence-electron chi connectivity index (χ0n) is 9.90. The van der Waals surface area contributed by atoms with Crippen molar-refractivity contribution in [3.63, 3.8) is 0 Å². The van der Waals surface area contributed by atoms with Crippen LogP contribution in [0.25, 0.3) is 0 Å². The molecule has 0 unspecified atom stereocenters. The second-order valence-electron chi connectivity index (χ2n) is 3.64. The van der Waals surface area contributed by atoms with Gasteiger partial charge in [0, 0.05) is 12.1 Å². The van der Waals surface area contributed by atoms with Gasteiger partial charge in [-0.1, -0.05) is 13.0 Å². The van der Waals surface area contributed by atoms with E-state index < -0.39 is 5.97 Å². The van der Waals surface area contributed by atoms with Gasteiger partial charge in [-0.15, -0.1) is 0 Å². The highest BCUT2D eigenvalue weighted by atomic mass is 32.1. The largest absolute Gasteiger partial charge is 0.478 e. The number of carbonyl (C=O) groups is 2. The Labute approximate surface area is 110 Å². The molecule has 0 spiro atoms. The van der Waals surface area contributed by atoms with Crippen LogP contribution in [0, 0.1) is 0 Å². The van der Waals surface area contributed by atoms with Gasteiger partial charge < -0.3 is 15.7 Å². The maximum atomic E-state index is 11.3. The van der Waals surface area contributed by atoms with E-state index in [9.17, 15) is 9.59 Å².